The van der Waals surface area contributed by atoms with Crippen LogP contribution in [-0.4, -0.2) is 20.1 Å². The molecule has 1 heterocycles. The van der Waals surface area contributed by atoms with Crippen LogP contribution in [0.2, 0.25) is 0 Å². The van der Waals surface area contributed by atoms with Crippen molar-refractivity contribution < 1.29 is 22.7 Å². The van der Waals surface area contributed by atoms with Gasteiger partial charge in [0.2, 0.25) is 9.84 Å². The molecule has 0 unspecified atom stereocenters. The van der Waals surface area contributed by atoms with Crippen LogP contribution in [0.15, 0.2) is 52.3 Å². The molecule has 3 rings (SSSR count). The Hall–Kier alpha value is -2.34. The van der Waals surface area contributed by atoms with Crippen molar-refractivity contribution in [1.82, 2.24) is 0 Å². The molecule has 0 aliphatic carbocycles. The van der Waals surface area contributed by atoms with Crippen molar-refractivity contribution in [1.29, 1.82) is 0 Å². The summed E-state index contributed by atoms with van der Waals surface area (Å²) >= 11 is 0. The number of aromatic hydroxyl groups is 1. The van der Waals surface area contributed by atoms with Crippen molar-refractivity contribution >= 4 is 15.9 Å². The van der Waals surface area contributed by atoms with Crippen molar-refractivity contribution in [3.8, 4) is 11.5 Å². The lowest BCUT2D eigenvalue weighted by atomic mass is 10.2. The molecule has 0 saturated heterocycles. The SMILES string of the molecule is O=S1(=O)C(COc2ccc(O)cc2)=Cc2ccc(F)cc21. The van der Waals surface area contributed by atoms with E-state index in [-0.39, 0.29) is 22.2 Å². The Bertz CT molecular complexity index is 823. The van der Waals surface area contributed by atoms with E-state index in [9.17, 15) is 12.8 Å². The molecule has 0 fully saturated rings. The molecule has 0 radical (unpaired) electrons. The molecule has 1 aliphatic rings. The molecule has 1 aliphatic heterocycles. The number of hydrogen-bond donors (Lipinski definition) is 1. The minimum Gasteiger partial charge on any atom is -0.508 e. The molecule has 108 valence electrons. The first-order valence-corrected chi connectivity index (χ1v) is 7.62. The maximum Gasteiger partial charge on any atom is 0.206 e. The highest BCUT2D eigenvalue weighted by molar-refractivity contribution is 7.95. The maximum atomic E-state index is 13.2. The van der Waals surface area contributed by atoms with Gasteiger partial charge >= 0.3 is 0 Å². The number of phenols is 1. The number of halogens is 1. The van der Waals surface area contributed by atoms with E-state index in [1.165, 1.54) is 42.5 Å². The summed E-state index contributed by atoms with van der Waals surface area (Å²) in [5, 5.41) is 9.17. The van der Waals surface area contributed by atoms with Gasteiger partial charge in [0.25, 0.3) is 0 Å². The van der Waals surface area contributed by atoms with Crippen LogP contribution in [0, 0.1) is 5.82 Å². The number of sulfone groups is 1. The lowest BCUT2D eigenvalue weighted by molar-refractivity contribution is 0.358. The summed E-state index contributed by atoms with van der Waals surface area (Å²) in [6.07, 6.45) is 1.48. The van der Waals surface area contributed by atoms with Gasteiger partial charge in [0.15, 0.2) is 0 Å². The molecular formula is C15H11FO4S. The predicted molar refractivity (Wildman–Crippen MR) is 75.2 cm³/mol. The number of fused-ring (bicyclic) bond motifs is 1. The molecule has 0 bridgehead atoms. The minimum atomic E-state index is -3.70. The van der Waals surface area contributed by atoms with E-state index in [1.807, 2.05) is 0 Å². The highest BCUT2D eigenvalue weighted by Gasteiger charge is 2.30. The van der Waals surface area contributed by atoms with Crippen LogP contribution in [0.25, 0.3) is 6.08 Å². The molecule has 6 heteroatoms. The molecule has 0 atom stereocenters. The first-order chi connectivity index (χ1) is 9.96. The van der Waals surface area contributed by atoms with Gasteiger partial charge in [-0.2, -0.15) is 0 Å². The van der Waals surface area contributed by atoms with E-state index >= 15 is 0 Å². The Labute approximate surface area is 121 Å². The van der Waals surface area contributed by atoms with Crippen LogP contribution in [-0.2, 0) is 9.84 Å². The summed E-state index contributed by atoms with van der Waals surface area (Å²) in [6.45, 7) is -0.149. The fourth-order valence-electron chi connectivity index (χ4n) is 2.07. The molecule has 2 aromatic rings. The zero-order chi connectivity index (χ0) is 15.0. The van der Waals surface area contributed by atoms with Crippen molar-refractivity contribution in [3.63, 3.8) is 0 Å². The van der Waals surface area contributed by atoms with Gasteiger partial charge in [0.05, 0.1) is 9.80 Å². The van der Waals surface area contributed by atoms with Crippen LogP contribution in [0.1, 0.15) is 5.56 Å². The third-order valence-electron chi connectivity index (χ3n) is 3.14. The molecule has 0 aromatic heterocycles. The Morgan fingerprint density at radius 2 is 1.81 bits per heavy atom. The summed E-state index contributed by atoms with van der Waals surface area (Å²) in [7, 11) is -3.70. The summed E-state index contributed by atoms with van der Waals surface area (Å²) in [4.78, 5) is 0.0444. The van der Waals surface area contributed by atoms with Crippen molar-refractivity contribution in [2.24, 2.45) is 0 Å². The average Bonchev–Trinajstić information content (AvgIpc) is 2.70. The highest BCUT2D eigenvalue weighted by atomic mass is 32.2. The Morgan fingerprint density at radius 1 is 1.10 bits per heavy atom. The highest BCUT2D eigenvalue weighted by Crippen LogP contribution is 2.33. The van der Waals surface area contributed by atoms with E-state index in [0.717, 1.165) is 6.07 Å². The van der Waals surface area contributed by atoms with Crippen LogP contribution in [0.4, 0.5) is 4.39 Å². The van der Waals surface area contributed by atoms with Gasteiger partial charge in [-0.1, -0.05) is 6.07 Å². The number of hydrogen-bond acceptors (Lipinski definition) is 4. The molecule has 21 heavy (non-hydrogen) atoms. The molecule has 0 amide bonds. The van der Waals surface area contributed by atoms with Gasteiger partial charge < -0.3 is 9.84 Å². The zero-order valence-electron chi connectivity index (χ0n) is 10.8. The van der Waals surface area contributed by atoms with E-state index in [2.05, 4.69) is 0 Å². The van der Waals surface area contributed by atoms with Crippen molar-refractivity contribution in [2.45, 2.75) is 4.90 Å². The van der Waals surface area contributed by atoms with Crippen LogP contribution in [0.3, 0.4) is 0 Å². The van der Waals surface area contributed by atoms with Gasteiger partial charge in [0, 0.05) is 0 Å². The Balaban J connectivity index is 1.83. The van der Waals surface area contributed by atoms with E-state index in [4.69, 9.17) is 9.84 Å². The lowest BCUT2D eigenvalue weighted by Crippen LogP contribution is -2.09. The third-order valence-corrected chi connectivity index (χ3v) is 5.00. The summed E-state index contributed by atoms with van der Waals surface area (Å²) in [5.41, 5.74) is 0.459. The number of benzene rings is 2. The fraction of sp³-hybridized carbons (Fsp3) is 0.0667. The monoisotopic (exact) mass is 306 g/mol. The first-order valence-electron chi connectivity index (χ1n) is 6.14. The largest absolute Gasteiger partial charge is 0.508 e. The molecular weight excluding hydrogens is 295 g/mol. The molecule has 0 saturated carbocycles. The topological polar surface area (TPSA) is 63.6 Å². The van der Waals surface area contributed by atoms with E-state index < -0.39 is 15.7 Å². The second-order valence-corrected chi connectivity index (χ2v) is 6.55. The fourth-order valence-corrected chi connectivity index (χ4v) is 3.55. The number of phenolic OH excluding ortho intramolecular Hbond substituents is 1. The van der Waals surface area contributed by atoms with E-state index in [1.54, 1.807) is 0 Å². The predicted octanol–water partition coefficient (Wildman–Crippen LogP) is 2.74. The van der Waals surface area contributed by atoms with Crippen molar-refractivity contribution in [2.75, 3.05) is 6.61 Å². The first kappa shape index (κ1) is 13.6. The average molecular weight is 306 g/mol. The number of rotatable bonds is 3. The van der Waals surface area contributed by atoms with E-state index in [0.29, 0.717) is 11.3 Å². The molecule has 2 aromatic carbocycles. The maximum absolute atomic E-state index is 13.2. The lowest BCUT2D eigenvalue weighted by Gasteiger charge is -2.07. The van der Waals surface area contributed by atoms with Crippen LogP contribution in [0.5, 0.6) is 11.5 Å². The van der Waals surface area contributed by atoms with Crippen molar-refractivity contribution in [3.05, 3.63) is 58.8 Å². The van der Waals surface area contributed by atoms with Gasteiger partial charge in [-0.3, -0.25) is 0 Å². The van der Waals surface area contributed by atoms with Gasteiger partial charge in [-0.05, 0) is 48.0 Å². The van der Waals surface area contributed by atoms with Gasteiger partial charge in [-0.25, -0.2) is 12.8 Å². The molecule has 1 N–H and O–H groups in total. The van der Waals surface area contributed by atoms with Gasteiger partial charge in [-0.15, -0.1) is 0 Å². The second kappa shape index (κ2) is 4.89. The van der Waals surface area contributed by atoms with Crippen LogP contribution >= 0.6 is 0 Å². The summed E-state index contributed by atoms with van der Waals surface area (Å²) in [6, 6.07) is 9.60. The smallest absolute Gasteiger partial charge is 0.206 e. The van der Waals surface area contributed by atoms with Crippen LogP contribution < -0.4 is 4.74 Å². The standard InChI is InChI=1S/C15H11FO4S/c16-11-2-1-10-7-14(21(18,19)15(10)8-11)9-20-13-5-3-12(17)4-6-13/h1-8,17H,9H2. The quantitative estimate of drug-likeness (QED) is 0.947. The minimum absolute atomic E-state index is 0.0354. The Morgan fingerprint density at radius 3 is 2.52 bits per heavy atom. The normalized spacial score (nSPS) is 15.4. The zero-order valence-corrected chi connectivity index (χ0v) is 11.6. The summed E-state index contributed by atoms with van der Waals surface area (Å²) < 4.78 is 43.1. The van der Waals surface area contributed by atoms with Gasteiger partial charge in [0.1, 0.15) is 23.9 Å². The number of ether oxygens (including phenoxy) is 1. The Kier molecular flexibility index (Phi) is 3.17. The summed E-state index contributed by atoms with van der Waals surface area (Å²) in [5.74, 6) is -0.0598. The second-order valence-electron chi connectivity index (χ2n) is 4.58. The molecule has 4 nitrogen and oxygen atoms in total. The molecule has 0 spiro atoms. The third kappa shape index (κ3) is 2.50.